The second kappa shape index (κ2) is 10.9. The van der Waals surface area contributed by atoms with Crippen molar-refractivity contribution in [2.24, 2.45) is 0 Å². The summed E-state index contributed by atoms with van der Waals surface area (Å²) in [7, 11) is 0. The smallest absolute Gasteiger partial charge is 0.410 e. The molecule has 0 atom stereocenters. The fourth-order valence-electron chi connectivity index (χ4n) is 2.83. The van der Waals surface area contributed by atoms with Crippen LogP contribution in [0.25, 0.3) is 0 Å². The van der Waals surface area contributed by atoms with E-state index in [1.54, 1.807) is 4.90 Å². The molecule has 2 rings (SSSR count). The summed E-state index contributed by atoms with van der Waals surface area (Å²) in [6, 6.07) is 7.47. The Balaban J connectivity index is 1.93. The fourth-order valence-corrected chi connectivity index (χ4v) is 2.83. The van der Waals surface area contributed by atoms with Gasteiger partial charge in [0.25, 0.3) is 0 Å². The van der Waals surface area contributed by atoms with Crippen molar-refractivity contribution in [2.45, 2.75) is 78.9 Å². The highest BCUT2D eigenvalue weighted by molar-refractivity contribution is 5.91. The Bertz CT molecular complexity index is 870. The predicted molar refractivity (Wildman–Crippen MR) is 119 cm³/mol. The molecular formula is C23H34N4O4. The number of ether oxygens (including phenoxy) is 1. The van der Waals surface area contributed by atoms with E-state index in [-0.39, 0.29) is 17.9 Å². The molecule has 0 saturated heterocycles. The lowest BCUT2D eigenvalue weighted by molar-refractivity contribution is -0.116. The minimum atomic E-state index is -0.563. The molecule has 0 saturated carbocycles. The third kappa shape index (κ3) is 8.03. The van der Waals surface area contributed by atoms with Gasteiger partial charge in [-0.15, -0.1) is 0 Å². The van der Waals surface area contributed by atoms with Gasteiger partial charge < -0.3 is 19.5 Å². The molecule has 31 heavy (non-hydrogen) atoms. The van der Waals surface area contributed by atoms with E-state index in [9.17, 15) is 9.59 Å². The van der Waals surface area contributed by atoms with Gasteiger partial charge in [0.1, 0.15) is 5.60 Å². The van der Waals surface area contributed by atoms with Crippen molar-refractivity contribution < 1.29 is 18.8 Å². The number of nitrogens with one attached hydrogen (secondary N) is 1. The van der Waals surface area contributed by atoms with Crippen LogP contribution in [-0.4, -0.2) is 39.2 Å². The first-order chi connectivity index (χ1) is 14.6. The summed E-state index contributed by atoms with van der Waals surface area (Å²) in [6.07, 6.45) is 1.11. The van der Waals surface area contributed by atoms with E-state index in [1.807, 2.05) is 65.8 Å². The summed E-state index contributed by atoms with van der Waals surface area (Å²) in [5.74, 6) is 1.34. The zero-order valence-corrected chi connectivity index (χ0v) is 19.4. The Hall–Kier alpha value is -2.90. The SMILES string of the molecule is CCN(Cc1ccccc1NC(=O)CCCc1nc(C(C)C)no1)C(=O)OC(C)(C)C. The largest absolute Gasteiger partial charge is 0.444 e. The van der Waals surface area contributed by atoms with Gasteiger partial charge in [-0.2, -0.15) is 4.98 Å². The van der Waals surface area contributed by atoms with Gasteiger partial charge in [-0.1, -0.05) is 37.2 Å². The first-order valence-electron chi connectivity index (χ1n) is 10.8. The van der Waals surface area contributed by atoms with E-state index in [0.29, 0.717) is 49.8 Å². The van der Waals surface area contributed by atoms with Crippen LogP contribution in [0.1, 0.15) is 77.6 Å². The lowest BCUT2D eigenvalue weighted by Gasteiger charge is -2.27. The summed E-state index contributed by atoms with van der Waals surface area (Å²) in [5, 5.41) is 6.89. The molecule has 0 aliphatic carbocycles. The third-order valence-electron chi connectivity index (χ3n) is 4.48. The normalized spacial score (nSPS) is 11.5. The zero-order valence-electron chi connectivity index (χ0n) is 19.4. The highest BCUT2D eigenvalue weighted by Gasteiger charge is 2.22. The van der Waals surface area contributed by atoms with Crippen LogP contribution in [-0.2, 0) is 22.5 Å². The first kappa shape index (κ1) is 24.4. The van der Waals surface area contributed by atoms with Crippen LogP contribution in [0, 0.1) is 0 Å². The number of hydrogen-bond acceptors (Lipinski definition) is 6. The lowest BCUT2D eigenvalue weighted by atomic mass is 10.1. The quantitative estimate of drug-likeness (QED) is 0.607. The average molecular weight is 431 g/mol. The molecule has 0 bridgehead atoms. The van der Waals surface area contributed by atoms with E-state index >= 15 is 0 Å². The number of aryl methyl sites for hydroxylation is 1. The number of carbonyl (C=O) groups excluding carboxylic acids is 2. The number of carbonyl (C=O) groups is 2. The molecule has 170 valence electrons. The van der Waals surface area contributed by atoms with Crippen molar-refractivity contribution in [3.63, 3.8) is 0 Å². The second-order valence-electron chi connectivity index (χ2n) is 8.75. The van der Waals surface area contributed by atoms with Crippen molar-refractivity contribution in [3.05, 3.63) is 41.5 Å². The molecule has 1 aromatic heterocycles. The lowest BCUT2D eigenvalue weighted by Crippen LogP contribution is -2.36. The Morgan fingerprint density at radius 2 is 1.94 bits per heavy atom. The molecule has 2 aromatic rings. The van der Waals surface area contributed by atoms with Crippen molar-refractivity contribution in [2.75, 3.05) is 11.9 Å². The van der Waals surface area contributed by atoms with Gasteiger partial charge in [0.05, 0.1) is 6.54 Å². The number of benzene rings is 1. The summed E-state index contributed by atoms with van der Waals surface area (Å²) in [4.78, 5) is 30.8. The van der Waals surface area contributed by atoms with E-state index in [0.717, 1.165) is 5.56 Å². The Morgan fingerprint density at radius 3 is 2.55 bits per heavy atom. The monoisotopic (exact) mass is 430 g/mol. The van der Waals surface area contributed by atoms with E-state index in [4.69, 9.17) is 9.26 Å². The topological polar surface area (TPSA) is 97.6 Å². The van der Waals surface area contributed by atoms with Gasteiger partial charge in [0.15, 0.2) is 5.82 Å². The maximum atomic E-state index is 12.5. The van der Waals surface area contributed by atoms with Gasteiger partial charge in [-0.05, 0) is 45.7 Å². The van der Waals surface area contributed by atoms with E-state index in [1.165, 1.54) is 0 Å². The molecule has 0 fully saturated rings. The minimum absolute atomic E-state index is 0.101. The van der Waals surface area contributed by atoms with E-state index < -0.39 is 5.60 Å². The van der Waals surface area contributed by atoms with Crippen LogP contribution >= 0.6 is 0 Å². The summed E-state index contributed by atoms with van der Waals surface area (Å²) < 4.78 is 10.7. The number of para-hydroxylation sites is 1. The molecule has 1 heterocycles. The molecule has 0 aliphatic heterocycles. The van der Waals surface area contributed by atoms with Gasteiger partial charge in [0.2, 0.25) is 11.8 Å². The van der Waals surface area contributed by atoms with Crippen molar-refractivity contribution in [1.82, 2.24) is 15.0 Å². The highest BCUT2D eigenvalue weighted by atomic mass is 16.6. The van der Waals surface area contributed by atoms with Crippen LogP contribution in [0.2, 0.25) is 0 Å². The number of aromatic nitrogens is 2. The Labute approximate surface area is 184 Å². The molecule has 0 spiro atoms. The Morgan fingerprint density at radius 1 is 1.23 bits per heavy atom. The summed E-state index contributed by atoms with van der Waals surface area (Å²) in [6.45, 7) is 12.3. The molecule has 0 radical (unpaired) electrons. The number of anilines is 1. The molecule has 0 aliphatic rings. The standard InChI is InChI=1S/C23H34N4O4/c1-7-27(22(29)30-23(4,5)6)15-17-11-8-9-12-18(17)24-19(28)13-10-14-20-25-21(16(2)3)26-31-20/h8-9,11-12,16H,7,10,13-15H2,1-6H3,(H,24,28). The van der Waals surface area contributed by atoms with Gasteiger partial charge in [0, 0.05) is 31.0 Å². The average Bonchev–Trinajstić information content (AvgIpc) is 3.15. The van der Waals surface area contributed by atoms with Crippen LogP contribution in [0.5, 0.6) is 0 Å². The fraction of sp³-hybridized carbons (Fsp3) is 0.565. The molecular weight excluding hydrogens is 396 g/mol. The van der Waals surface area contributed by atoms with E-state index in [2.05, 4.69) is 15.5 Å². The van der Waals surface area contributed by atoms with Crippen LogP contribution < -0.4 is 5.32 Å². The maximum Gasteiger partial charge on any atom is 0.410 e. The third-order valence-corrected chi connectivity index (χ3v) is 4.48. The van der Waals surface area contributed by atoms with Crippen LogP contribution in [0.3, 0.4) is 0 Å². The highest BCUT2D eigenvalue weighted by Crippen LogP contribution is 2.20. The summed E-state index contributed by atoms with van der Waals surface area (Å²) >= 11 is 0. The van der Waals surface area contributed by atoms with Gasteiger partial charge in [-0.25, -0.2) is 4.79 Å². The van der Waals surface area contributed by atoms with Crippen LogP contribution in [0.15, 0.2) is 28.8 Å². The molecule has 2 amide bonds. The van der Waals surface area contributed by atoms with Crippen molar-refractivity contribution >= 4 is 17.7 Å². The molecule has 0 unspecified atom stereocenters. The molecule has 1 N–H and O–H groups in total. The maximum absolute atomic E-state index is 12.5. The minimum Gasteiger partial charge on any atom is -0.444 e. The first-order valence-corrected chi connectivity index (χ1v) is 10.8. The predicted octanol–water partition coefficient (Wildman–Crippen LogP) is 4.91. The summed E-state index contributed by atoms with van der Waals surface area (Å²) in [5.41, 5.74) is 0.975. The number of rotatable bonds is 9. The van der Waals surface area contributed by atoms with Gasteiger partial charge >= 0.3 is 6.09 Å². The van der Waals surface area contributed by atoms with Crippen molar-refractivity contribution in [3.8, 4) is 0 Å². The number of amides is 2. The van der Waals surface area contributed by atoms with Gasteiger partial charge in [-0.3, -0.25) is 4.79 Å². The van der Waals surface area contributed by atoms with Crippen LogP contribution in [0.4, 0.5) is 10.5 Å². The zero-order chi connectivity index (χ0) is 23.0. The molecule has 1 aromatic carbocycles. The molecule has 8 heteroatoms. The number of hydrogen-bond donors (Lipinski definition) is 1. The Kier molecular flexibility index (Phi) is 8.59. The van der Waals surface area contributed by atoms with Crippen molar-refractivity contribution in [1.29, 1.82) is 0 Å². The second-order valence-corrected chi connectivity index (χ2v) is 8.75. The molecule has 8 nitrogen and oxygen atoms in total. The number of nitrogens with zero attached hydrogens (tertiary/aromatic N) is 3.